The van der Waals surface area contributed by atoms with E-state index in [1.807, 2.05) is 43.6 Å². The van der Waals surface area contributed by atoms with E-state index in [2.05, 4.69) is 10.4 Å². The molecule has 5 heteroatoms. The van der Waals surface area contributed by atoms with E-state index in [4.69, 9.17) is 18.0 Å². The molecule has 0 aliphatic rings. The van der Waals surface area contributed by atoms with Gasteiger partial charge in [0.15, 0.2) is 5.11 Å². The number of anilines is 1. The fourth-order valence-electron chi connectivity index (χ4n) is 1.47. The summed E-state index contributed by atoms with van der Waals surface area (Å²) in [5, 5.41) is 7.48. The number of rotatable bonds is 2. The first-order chi connectivity index (χ1) is 7.65. The van der Waals surface area contributed by atoms with Crippen LogP contribution in [0.1, 0.15) is 0 Å². The van der Waals surface area contributed by atoms with Crippen LogP contribution in [-0.4, -0.2) is 14.9 Å². The van der Waals surface area contributed by atoms with Crippen LogP contribution < -0.4 is 11.1 Å². The molecule has 2 aromatic rings. The van der Waals surface area contributed by atoms with Crippen LogP contribution in [0.5, 0.6) is 0 Å². The van der Waals surface area contributed by atoms with Crippen LogP contribution in [0.4, 0.5) is 5.69 Å². The van der Waals surface area contributed by atoms with Crippen LogP contribution in [0, 0.1) is 0 Å². The lowest BCUT2D eigenvalue weighted by atomic mass is 10.1. The minimum atomic E-state index is 0.262. The number of thiocarbonyl (C=S) groups is 1. The van der Waals surface area contributed by atoms with Crippen molar-refractivity contribution in [3.8, 4) is 11.3 Å². The molecule has 2 rings (SSSR count). The highest BCUT2D eigenvalue weighted by atomic mass is 32.1. The summed E-state index contributed by atoms with van der Waals surface area (Å²) in [6.45, 7) is 0. The highest BCUT2D eigenvalue weighted by Gasteiger charge is 2.02. The molecule has 82 valence electrons. The van der Waals surface area contributed by atoms with Gasteiger partial charge >= 0.3 is 0 Å². The highest BCUT2D eigenvalue weighted by molar-refractivity contribution is 7.80. The van der Waals surface area contributed by atoms with E-state index < -0.39 is 0 Å². The molecule has 1 heterocycles. The maximum Gasteiger partial charge on any atom is 0.168 e. The Labute approximate surface area is 99.1 Å². The summed E-state index contributed by atoms with van der Waals surface area (Å²) >= 11 is 4.79. The van der Waals surface area contributed by atoms with Gasteiger partial charge in [0.05, 0.1) is 5.69 Å². The van der Waals surface area contributed by atoms with Gasteiger partial charge in [0.2, 0.25) is 0 Å². The van der Waals surface area contributed by atoms with Gasteiger partial charge in [-0.1, -0.05) is 12.1 Å². The molecule has 0 aliphatic heterocycles. The van der Waals surface area contributed by atoms with Gasteiger partial charge in [-0.05, 0) is 30.4 Å². The number of aryl methyl sites for hydroxylation is 1. The molecule has 1 aromatic heterocycles. The average Bonchev–Trinajstić information content (AvgIpc) is 2.64. The summed E-state index contributed by atoms with van der Waals surface area (Å²) in [6, 6.07) is 9.75. The van der Waals surface area contributed by atoms with E-state index in [9.17, 15) is 0 Å². The third kappa shape index (κ3) is 2.38. The van der Waals surface area contributed by atoms with Crippen LogP contribution in [-0.2, 0) is 7.05 Å². The molecular formula is C11H12N4S. The Balaban J connectivity index is 2.32. The zero-order chi connectivity index (χ0) is 11.5. The van der Waals surface area contributed by atoms with Gasteiger partial charge in [-0.2, -0.15) is 5.10 Å². The monoisotopic (exact) mass is 232 g/mol. The van der Waals surface area contributed by atoms with Crippen LogP contribution in [0.15, 0.2) is 36.5 Å². The summed E-state index contributed by atoms with van der Waals surface area (Å²) in [6.07, 6.45) is 1.91. The Morgan fingerprint density at radius 2 is 2.25 bits per heavy atom. The van der Waals surface area contributed by atoms with Gasteiger partial charge in [-0.3, -0.25) is 4.68 Å². The molecule has 0 amide bonds. The molecule has 0 saturated carbocycles. The fourth-order valence-corrected chi connectivity index (χ4v) is 1.59. The zero-order valence-corrected chi connectivity index (χ0v) is 9.66. The molecule has 4 nitrogen and oxygen atoms in total. The second-order valence-corrected chi connectivity index (χ2v) is 3.88. The minimum Gasteiger partial charge on any atom is -0.376 e. The van der Waals surface area contributed by atoms with Crippen LogP contribution in [0.2, 0.25) is 0 Å². The lowest BCUT2D eigenvalue weighted by molar-refractivity contribution is 0.771. The number of nitrogens with two attached hydrogens (primary N) is 1. The van der Waals surface area contributed by atoms with Crippen molar-refractivity contribution in [1.29, 1.82) is 0 Å². The maximum absolute atomic E-state index is 5.42. The Hall–Kier alpha value is -1.88. The first-order valence-corrected chi connectivity index (χ1v) is 5.22. The van der Waals surface area contributed by atoms with Crippen LogP contribution in [0.25, 0.3) is 11.3 Å². The van der Waals surface area contributed by atoms with Crippen molar-refractivity contribution in [2.75, 3.05) is 5.32 Å². The van der Waals surface area contributed by atoms with Crippen molar-refractivity contribution in [3.63, 3.8) is 0 Å². The first kappa shape index (κ1) is 10.6. The third-order valence-electron chi connectivity index (χ3n) is 2.14. The van der Waals surface area contributed by atoms with E-state index in [0.717, 1.165) is 16.9 Å². The Morgan fingerprint density at radius 3 is 2.88 bits per heavy atom. The molecule has 0 spiro atoms. The summed E-state index contributed by atoms with van der Waals surface area (Å²) in [5.41, 5.74) is 8.24. The van der Waals surface area contributed by atoms with E-state index in [1.54, 1.807) is 4.68 Å². The lowest BCUT2D eigenvalue weighted by Gasteiger charge is -2.04. The SMILES string of the molecule is Cn1ccc(-c2cccc(NC(N)=S)c2)n1. The molecule has 3 N–H and O–H groups in total. The smallest absolute Gasteiger partial charge is 0.168 e. The molecule has 0 radical (unpaired) electrons. The van der Waals surface area contributed by atoms with Crippen molar-refractivity contribution in [2.24, 2.45) is 12.8 Å². The standard InChI is InChI=1S/C11H12N4S/c1-15-6-5-10(14-15)8-3-2-4-9(7-8)13-11(12)16/h2-7H,1H3,(H3,12,13,16). The number of nitrogens with one attached hydrogen (secondary N) is 1. The van der Waals surface area contributed by atoms with E-state index in [1.165, 1.54) is 0 Å². The predicted octanol–water partition coefficient (Wildman–Crippen LogP) is 1.74. The Morgan fingerprint density at radius 1 is 1.44 bits per heavy atom. The third-order valence-corrected chi connectivity index (χ3v) is 2.24. The van der Waals surface area contributed by atoms with Crippen molar-refractivity contribution < 1.29 is 0 Å². The molecule has 0 fully saturated rings. The first-order valence-electron chi connectivity index (χ1n) is 4.82. The molecule has 0 saturated heterocycles. The average molecular weight is 232 g/mol. The fraction of sp³-hybridized carbons (Fsp3) is 0.0909. The normalized spacial score (nSPS) is 10.1. The van der Waals surface area contributed by atoms with E-state index in [-0.39, 0.29) is 5.11 Å². The van der Waals surface area contributed by atoms with Gasteiger partial charge in [0.1, 0.15) is 0 Å². The largest absolute Gasteiger partial charge is 0.376 e. The molecule has 0 unspecified atom stereocenters. The number of benzene rings is 1. The van der Waals surface area contributed by atoms with Crippen molar-refractivity contribution in [1.82, 2.24) is 9.78 Å². The molecule has 1 aromatic carbocycles. The second-order valence-electron chi connectivity index (χ2n) is 3.44. The lowest BCUT2D eigenvalue weighted by Crippen LogP contribution is -2.18. The molecule has 0 bridgehead atoms. The molecule has 16 heavy (non-hydrogen) atoms. The maximum atomic E-state index is 5.42. The second kappa shape index (κ2) is 4.32. The van der Waals surface area contributed by atoms with E-state index in [0.29, 0.717) is 0 Å². The predicted molar refractivity (Wildman–Crippen MR) is 69.1 cm³/mol. The van der Waals surface area contributed by atoms with Crippen LogP contribution in [0.3, 0.4) is 0 Å². The number of hydrogen-bond acceptors (Lipinski definition) is 2. The Kier molecular flexibility index (Phi) is 2.87. The summed E-state index contributed by atoms with van der Waals surface area (Å²) in [5.74, 6) is 0. The Bertz CT molecular complexity index is 518. The number of aromatic nitrogens is 2. The number of hydrogen-bond donors (Lipinski definition) is 2. The quantitative estimate of drug-likeness (QED) is 0.774. The van der Waals surface area contributed by atoms with Gasteiger partial charge < -0.3 is 11.1 Å². The van der Waals surface area contributed by atoms with Gasteiger partial charge in [-0.15, -0.1) is 0 Å². The molecule has 0 aliphatic carbocycles. The summed E-state index contributed by atoms with van der Waals surface area (Å²) in [4.78, 5) is 0. The zero-order valence-electron chi connectivity index (χ0n) is 8.84. The summed E-state index contributed by atoms with van der Waals surface area (Å²) < 4.78 is 1.77. The van der Waals surface area contributed by atoms with Gasteiger partial charge in [0, 0.05) is 24.5 Å². The van der Waals surface area contributed by atoms with E-state index >= 15 is 0 Å². The van der Waals surface area contributed by atoms with Crippen molar-refractivity contribution in [2.45, 2.75) is 0 Å². The van der Waals surface area contributed by atoms with Gasteiger partial charge in [-0.25, -0.2) is 0 Å². The van der Waals surface area contributed by atoms with Crippen molar-refractivity contribution >= 4 is 23.0 Å². The van der Waals surface area contributed by atoms with Crippen LogP contribution >= 0.6 is 12.2 Å². The van der Waals surface area contributed by atoms with Gasteiger partial charge in [0.25, 0.3) is 0 Å². The topological polar surface area (TPSA) is 55.9 Å². The number of nitrogens with zero attached hydrogens (tertiary/aromatic N) is 2. The molecular weight excluding hydrogens is 220 g/mol. The molecule has 0 atom stereocenters. The van der Waals surface area contributed by atoms with Crippen molar-refractivity contribution in [3.05, 3.63) is 36.5 Å². The minimum absolute atomic E-state index is 0.262. The summed E-state index contributed by atoms with van der Waals surface area (Å²) in [7, 11) is 1.89. The highest BCUT2D eigenvalue weighted by Crippen LogP contribution is 2.20.